The average molecular weight is 497 g/mol. The van der Waals surface area contributed by atoms with Gasteiger partial charge >= 0.3 is 0 Å². The molecule has 1 unspecified atom stereocenters. The van der Waals surface area contributed by atoms with Crippen LogP contribution < -0.4 is 4.74 Å². The van der Waals surface area contributed by atoms with Crippen LogP contribution in [0.1, 0.15) is 19.4 Å². The Balaban J connectivity index is 1.89. The van der Waals surface area contributed by atoms with E-state index in [2.05, 4.69) is 0 Å². The van der Waals surface area contributed by atoms with Gasteiger partial charge in [-0.2, -0.15) is 16.8 Å². The summed E-state index contributed by atoms with van der Waals surface area (Å²) < 4.78 is 85.5. The van der Waals surface area contributed by atoms with E-state index in [0.29, 0.717) is 5.75 Å². The van der Waals surface area contributed by atoms with Gasteiger partial charge in [0.1, 0.15) is 36.8 Å². The Bertz CT molecular complexity index is 966. The van der Waals surface area contributed by atoms with Gasteiger partial charge in [0.15, 0.2) is 12.1 Å². The molecule has 13 heteroatoms. The van der Waals surface area contributed by atoms with E-state index in [9.17, 15) is 16.8 Å². The molecule has 2 aliphatic rings. The predicted molar refractivity (Wildman–Crippen MR) is 111 cm³/mol. The van der Waals surface area contributed by atoms with E-state index in [1.54, 1.807) is 45.2 Å². The Morgan fingerprint density at radius 3 is 1.97 bits per heavy atom. The molecule has 0 spiro atoms. The molecule has 182 valence electrons. The Morgan fingerprint density at radius 2 is 1.47 bits per heavy atom. The molecular formula is C19H28O11S2. The standard InChI is InChI=1S/C19H28O11S2/c1-18(2)28-15-16(25-10-13-6-8-14(24-3)9-7-13)19(30-17(15)29-18,11-26-31(4,20)21)12-27-32(5,22)23/h6-9,15-17H,10-12H2,1-5H3/t15-,16?,17+/m0/s1. The number of rotatable bonds is 10. The monoisotopic (exact) mass is 496 g/mol. The van der Waals surface area contributed by atoms with E-state index in [-0.39, 0.29) is 6.61 Å². The first-order valence-corrected chi connectivity index (χ1v) is 13.3. The fraction of sp³-hybridized carbons (Fsp3) is 0.684. The molecule has 0 radical (unpaired) electrons. The molecule has 2 fully saturated rings. The van der Waals surface area contributed by atoms with Crippen molar-refractivity contribution in [1.82, 2.24) is 0 Å². The SMILES string of the molecule is COc1ccc(COC2[C@@H]3OC(C)(C)O[C@@H]3OC2(COS(C)(=O)=O)COS(C)(=O)=O)cc1. The molecule has 0 aliphatic carbocycles. The lowest BCUT2D eigenvalue weighted by molar-refractivity contribution is -0.254. The van der Waals surface area contributed by atoms with Crippen molar-refractivity contribution >= 4 is 20.2 Å². The highest BCUT2D eigenvalue weighted by Crippen LogP contribution is 2.44. The first-order chi connectivity index (χ1) is 14.7. The summed E-state index contributed by atoms with van der Waals surface area (Å²) in [5.41, 5.74) is -0.848. The summed E-state index contributed by atoms with van der Waals surface area (Å²) >= 11 is 0. The van der Waals surface area contributed by atoms with Crippen molar-refractivity contribution < 1.29 is 48.9 Å². The molecule has 2 aliphatic heterocycles. The second-order valence-electron chi connectivity index (χ2n) is 8.16. The van der Waals surface area contributed by atoms with Gasteiger partial charge in [0, 0.05) is 0 Å². The van der Waals surface area contributed by atoms with Gasteiger partial charge in [-0.3, -0.25) is 8.37 Å². The third-order valence-corrected chi connectivity index (χ3v) is 5.97. The minimum absolute atomic E-state index is 0.0878. The van der Waals surface area contributed by atoms with Gasteiger partial charge in [0.25, 0.3) is 20.2 Å². The Hall–Kier alpha value is -1.32. The van der Waals surface area contributed by atoms with Gasteiger partial charge in [0.2, 0.25) is 0 Å². The van der Waals surface area contributed by atoms with Crippen LogP contribution in [-0.4, -0.2) is 79.6 Å². The maximum atomic E-state index is 11.7. The lowest BCUT2D eigenvalue weighted by Gasteiger charge is -2.35. The summed E-state index contributed by atoms with van der Waals surface area (Å²) in [4.78, 5) is 0. The zero-order chi connectivity index (χ0) is 23.8. The average Bonchev–Trinajstić information content (AvgIpc) is 3.11. The van der Waals surface area contributed by atoms with Crippen molar-refractivity contribution in [1.29, 1.82) is 0 Å². The van der Waals surface area contributed by atoms with E-state index in [4.69, 9.17) is 32.1 Å². The first-order valence-electron chi connectivity index (χ1n) is 9.69. The topological polar surface area (TPSA) is 133 Å². The summed E-state index contributed by atoms with van der Waals surface area (Å²) in [7, 11) is -6.21. The highest BCUT2D eigenvalue weighted by molar-refractivity contribution is 7.86. The lowest BCUT2D eigenvalue weighted by Crippen LogP contribution is -2.53. The van der Waals surface area contributed by atoms with E-state index < -0.39 is 63.3 Å². The minimum Gasteiger partial charge on any atom is -0.497 e. The fourth-order valence-corrected chi connectivity index (χ4v) is 4.32. The van der Waals surface area contributed by atoms with Crippen molar-refractivity contribution in [3.05, 3.63) is 29.8 Å². The molecule has 0 bridgehead atoms. The van der Waals surface area contributed by atoms with Crippen LogP contribution in [0.2, 0.25) is 0 Å². The van der Waals surface area contributed by atoms with Gasteiger partial charge in [0.05, 0.1) is 26.2 Å². The summed E-state index contributed by atoms with van der Waals surface area (Å²) in [5, 5.41) is 0. The van der Waals surface area contributed by atoms with Crippen LogP contribution in [0.25, 0.3) is 0 Å². The van der Waals surface area contributed by atoms with Gasteiger partial charge in [-0.05, 0) is 31.5 Å². The number of hydrogen-bond acceptors (Lipinski definition) is 11. The summed E-state index contributed by atoms with van der Waals surface area (Å²) in [6, 6.07) is 7.11. The maximum Gasteiger partial charge on any atom is 0.264 e. The Morgan fingerprint density at radius 1 is 0.906 bits per heavy atom. The van der Waals surface area contributed by atoms with Gasteiger partial charge in [-0.15, -0.1) is 0 Å². The molecule has 2 saturated heterocycles. The molecule has 0 aromatic heterocycles. The summed E-state index contributed by atoms with van der Waals surface area (Å²) in [6.07, 6.45) is -0.958. The van der Waals surface area contributed by atoms with E-state index in [0.717, 1.165) is 18.1 Å². The van der Waals surface area contributed by atoms with Crippen LogP contribution in [-0.2, 0) is 54.2 Å². The van der Waals surface area contributed by atoms with Crippen molar-refractivity contribution in [3.63, 3.8) is 0 Å². The second-order valence-corrected chi connectivity index (χ2v) is 11.5. The highest BCUT2D eigenvalue weighted by Gasteiger charge is 2.63. The number of ether oxygens (including phenoxy) is 5. The molecule has 3 rings (SSSR count). The third kappa shape index (κ3) is 6.38. The summed E-state index contributed by atoms with van der Waals surface area (Å²) in [5.74, 6) is -0.316. The van der Waals surface area contributed by atoms with E-state index >= 15 is 0 Å². The van der Waals surface area contributed by atoms with Crippen LogP contribution in [0, 0.1) is 0 Å². The van der Waals surface area contributed by atoms with Crippen molar-refractivity contribution in [2.24, 2.45) is 0 Å². The van der Waals surface area contributed by atoms with Gasteiger partial charge in [-0.1, -0.05) is 12.1 Å². The molecular weight excluding hydrogens is 468 g/mol. The van der Waals surface area contributed by atoms with Gasteiger partial charge in [-0.25, -0.2) is 0 Å². The fourth-order valence-electron chi connectivity index (χ4n) is 3.49. The smallest absolute Gasteiger partial charge is 0.264 e. The van der Waals surface area contributed by atoms with E-state index in [1.807, 2.05) is 0 Å². The predicted octanol–water partition coefficient (Wildman–Crippen LogP) is 0.779. The Labute approximate surface area is 188 Å². The first kappa shape index (κ1) is 25.3. The maximum absolute atomic E-state index is 11.7. The molecule has 11 nitrogen and oxygen atoms in total. The van der Waals surface area contributed by atoms with Crippen LogP contribution in [0.3, 0.4) is 0 Å². The van der Waals surface area contributed by atoms with Crippen LogP contribution >= 0.6 is 0 Å². The molecule has 1 aromatic rings. The zero-order valence-electron chi connectivity index (χ0n) is 18.5. The number of fused-ring (bicyclic) bond motifs is 1. The van der Waals surface area contributed by atoms with Gasteiger partial charge < -0.3 is 23.7 Å². The molecule has 2 heterocycles. The lowest BCUT2D eigenvalue weighted by atomic mass is 9.97. The highest BCUT2D eigenvalue weighted by atomic mass is 32.2. The molecule has 0 amide bonds. The molecule has 0 N–H and O–H groups in total. The molecule has 3 atom stereocenters. The quantitative estimate of drug-likeness (QED) is 0.426. The normalized spacial score (nSPS) is 26.7. The van der Waals surface area contributed by atoms with E-state index in [1.165, 1.54) is 0 Å². The number of methoxy groups -OCH3 is 1. The molecule has 32 heavy (non-hydrogen) atoms. The van der Waals surface area contributed by atoms with Crippen LogP contribution in [0.4, 0.5) is 0 Å². The number of hydrogen-bond donors (Lipinski definition) is 0. The molecule has 1 aromatic carbocycles. The Kier molecular flexibility index (Phi) is 7.23. The van der Waals surface area contributed by atoms with Crippen LogP contribution in [0.15, 0.2) is 24.3 Å². The number of benzene rings is 1. The summed E-state index contributed by atoms with van der Waals surface area (Å²) in [6.45, 7) is 2.35. The van der Waals surface area contributed by atoms with Crippen molar-refractivity contribution in [3.8, 4) is 5.75 Å². The largest absolute Gasteiger partial charge is 0.497 e. The van der Waals surface area contributed by atoms with Crippen LogP contribution in [0.5, 0.6) is 5.75 Å². The second kappa shape index (κ2) is 9.14. The third-order valence-electron chi connectivity index (χ3n) is 4.88. The van der Waals surface area contributed by atoms with Crippen molar-refractivity contribution in [2.45, 2.75) is 50.3 Å². The van der Waals surface area contributed by atoms with Crippen molar-refractivity contribution in [2.75, 3.05) is 32.8 Å². The molecule has 0 saturated carbocycles. The zero-order valence-corrected chi connectivity index (χ0v) is 20.1. The minimum atomic E-state index is -3.88.